The van der Waals surface area contributed by atoms with Crippen LogP contribution in [-0.4, -0.2) is 75.7 Å². The average Bonchev–Trinajstić information content (AvgIpc) is 2.52. The molecule has 9 heteroatoms. The summed E-state index contributed by atoms with van der Waals surface area (Å²) in [6.07, 6.45) is 0.484. The Morgan fingerprint density at radius 1 is 0.833 bits per heavy atom. The summed E-state index contributed by atoms with van der Waals surface area (Å²) in [6, 6.07) is 0. The molecule has 1 amide bonds. The smallest absolute Gasteiger partial charge is 0.303 e. The van der Waals surface area contributed by atoms with Crippen molar-refractivity contribution in [2.45, 2.75) is 26.2 Å². The zero-order valence-corrected chi connectivity index (χ0v) is 14.1. The van der Waals surface area contributed by atoms with E-state index >= 15 is 0 Å². The number of nitrogens with one attached hydrogen (secondary N) is 1. The van der Waals surface area contributed by atoms with Gasteiger partial charge in [-0.3, -0.25) is 14.4 Å². The topological polar surface area (TPSA) is 120 Å². The van der Waals surface area contributed by atoms with Crippen LogP contribution in [0.5, 0.6) is 0 Å². The van der Waals surface area contributed by atoms with Crippen LogP contribution >= 0.6 is 0 Å². The number of carbonyl (C=O) groups excluding carboxylic acids is 2. The maximum absolute atomic E-state index is 11.2. The lowest BCUT2D eigenvalue weighted by Crippen LogP contribution is -2.25. The van der Waals surface area contributed by atoms with Crippen molar-refractivity contribution in [3.8, 4) is 0 Å². The molecule has 0 aliphatic carbocycles. The number of carboxylic acid groups (broad SMARTS) is 1. The second-order valence-electron chi connectivity index (χ2n) is 4.77. The van der Waals surface area contributed by atoms with E-state index in [0.717, 1.165) is 0 Å². The fraction of sp³-hybridized carbons (Fsp3) is 0.800. The highest BCUT2D eigenvalue weighted by Gasteiger charge is 2.04. The van der Waals surface area contributed by atoms with Gasteiger partial charge < -0.3 is 29.4 Å². The zero-order chi connectivity index (χ0) is 18.0. The number of esters is 1. The average molecular weight is 349 g/mol. The number of hydrogen-bond donors (Lipinski definition) is 2. The SMILES string of the molecule is CC(=O)OCCOCCOCCOCCCNC(=O)CCC(=O)O. The number of rotatable bonds is 16. The molecule has 0 aliphatic rings. The summed E-state index contributed by atoms with van der Waals surface area (Å²) in [5, 5.41) is 11.0. The molecular weight excluding hydrogens is 322 g/mol. The Labute approximate surface area is 141 Å². The van der Waals surface area contributed by atoms with E-state index in [1.54, 1.807) is 0 Å². The first-order chi connectivity index (χ1) is 11.5. The summed E-state index contributed by atoms with van der Waals surface area (Å²) in [5.74, 6) is -1.58. The van der Waals surface area contributed by atoms with Gasteiger partial charge in [-0.25, -0.2) is 0 Å². The van der Waals surface area contributed by atoms with E-state index < -0.39 is 5.97 Å². The monoisotopic (exact) mass is 349 g/mol. The van der Waals surface area contributed by atoms with Crippen molar-refractivity contribution in [1.82, 2.24) is 5.32 Å². The first-order valence-electron chi connectivity index (χ1n) is 7.87. The van der Waals surface area contributed by atoms with Gasteiger partial charge >= 0.3 is 11.9 Å². The van der Waals surface area contributed by atoms with E-state index in [4.69, 9.17) is 24.1 Å². The Balaban J connectivity index is 3.13. The number of carbonyl (C=O) groups is 3. The van der Waals surface area contributed by atoms with Gasteiger partial charge in [0.1, 0.15) is 6.61 Å². The van der Waals surface area contributed by atoms with Crippen LogP contribution in [0.3, 0.4) is 0 Å². The number of aliphatic carboxylic acids is 1. The minimum absolute atomic E-state index is 0.00697. The lowest BCUT2D eigenvalue weighted by Gasteiger charge is -2.07. The van der Waals surface area contributed by atoms with E-state index in [2.05, 4.69) is 5.32 Å². The van der Waals surface area contributed by atoms with E-state index in [9.17, 15) is 14.4 Å². The summed E-state index contributed by atoms with van der Waals surface area (Å²) in [5.41, 5.74) is 0. The molecule has 24 heavy (non-hydrogen) atoms. The highest BCUT2D eigenvalue weighted by molar-refractivity contribution is 5.80. The second-order valence-corrected chi connectivity index (χ2v) is 4.77. The Morgan fingerprint density at radius 3 is 1.92 bits per heavy atom. The standard InChI is InChI=1S/C15H27NO8/c1-13(17)24-12-11-23-10-9-22-8-7-21-6-2-5-16-14(18)3-4-15(19)20/h2-12H2,1H3,(H,16,18)(H,19,20). The number of amides is 1. The van der Waals surface area contributed by atoms with E-state index in [-0.39, 0.29) is 31.3 Å². The Morgan fingerprint density at radius 2 is 1.38 bits per heavy atom. The quantitative estimate of drug-likeness (QED) is 0.294. The maximum atomic E-state index is 11.2. The predicted octanol–water partition coefficient (Wildman–Crippen LogP) is -0.0296. The van der Waals surface area contributed by atoms with Gasteiger partial charge in [0.15, 0.2) is 0 Å². The minimum Gasteiger partial charge on any atom is -0.481 e. The molecule has 0 bridgehead atoms. The van der Waals surface area contributed by atoms with E-state index in [1.807, 2.05) is 0 Å². The molecule has 0 saturated heterocycles. The molecule has 140 valence electrons. The molecule has 0 fully saturated rings. The first-order valence-corrected chi connectivity index (χ1v) is 7.87. The van der Waals surface area contributed by atoms with Crippen molar-refractivity contribution in [3.05, 3.63) is 0 Å². The van der Waals surface area contributed by atoms with Crippen molar-refractivity contribution < 1.29 is 38.4 Å². The molecule has 0 atom stereocenters. The fourth-order valence-electron chi connectivity index (χ4n) is 1.50. The lowest BCUT2D eigenvalue weighted by molar-refractivity contribution is -0.142. The van der Waals surface area contributed by atoms with Gasteiger partial charge in [-0.15, -0.1) is 0 Å². The van der Waals surface area contributed by atoms with Crippen LogP contribution in [0.25, 0.3) is 0 Å². The molecular formula is C15H27NO8. The third-order valence-corrected chi connectivity index (χ3v) is 2.63. The molecule has 0 aliphatic heterocycles. The molecule has 0 aromatic carbocycles. The van der Waals surface area contributed by atoms with Crippen LogP contribution in [0.1, 0.15) is 26.2 Å². The lowest BCUT2D eigenvalue weighted by atomic mass is 10.3. The van der Waals surface area contributed by atoms with Crippen LogP contribution in [0.2, 0.25) is 0 Å². The van der Waals surface area contributed by atoms with Gasteiger partial charge in [-0.1, -0.05) is 0 Å². The molecule has 0 radical (unpaired) electrons. The molecule has 0 rings (SSSR count). The summed E-state index contributed by atoms with van der Waals surface area (Å²) in [4.78, 5) is 32.0. The summed E-state index contributed by atoms with van der Waals surface area (Å²) >= 11 is 0. The van der Waals surface area contributed by atoms with Crippen LogP contribution < -0.4 is 5.32 Å². The Hall–Kier alpha value is -1.71. The van der Waals surface area contributed by atoms with Crippen LogP contribution in [0.15, 0.2) is 0 Å². The summed E-state index contributed by atoms with van der Waals surface area (Å²) in [6.45, 7) is 4.61. The predicted molar refractivity (Wildman–Crippen MR) is 83.6 cm³/mol. The molecule has 0 aromatic rings. The van der Waals surface area contributed by atoms with Crippen molar-refractivity contribution in [1.29, 1.82) is 0 Å². The van der Waals surface area contributed by atoms with Crippen LogP contribution in [0, 0.1) is 0 Å². The number of carboxylic acids is 1. The summed E-state index contributed by atoms with van der Waals surface area (Å²) < 4.78 is 20.5. The molecule has 9 nitrogen and oxygen atoms in total. The summed E-state index contributed by atoms with van der Waals surface area (Å²) in [7, 11) is 0. The Kier molecular flexibility index (Phi) is 15.0. The van der Waals surface area contributed by atoms with Gasteiger partial charge in [-0.2, -0.15) is 0 Å². The molecule has 2 N–H and O–H groups in total. The normalized spacial score (nSPS) is 10.4. The largest absolute Gasteiger partial charge is 0.481 e. The first kappa shape index (κ1) is 22.3. The molecule has 0 saturated carbocycles. The van der Waals surface area contributed by atoms with Crippen molar-refractivity contribution >= 4 is 17.8 Å². The minimum atomic E-state index is -0.983. The Bertz CT molecular complexity index is 361. The fourth-order valence-corrected chi connectivity index (χ4v) is 1.50. The van der Waals surface area contributed by atoms with Crippen molar-refractivity contribution in [3.63, 3.8) is 0 Å². The third kappa shape index (κ3) is 18.3. The number of ether oxygens (including phenoxy) is 4. The third-order valence-electron chi connectivity index (χ3n) is 2.63. The number of hydrogen-bond acceptors (Lipinski definition) is 7. The highest BCUT2D eigenvalue weighted by Crippen LogP contribution is 1.89. The van der Waals surface area contributed by atoms with E-state index in [0.29, 0.717) is 52.6 Å². The van der Waals surface area contributed by atoms with E-state index in [1.165, 1.54) is 6.92 Å². The highest BCUT2D eigenvalue weighted by atomic mass is 16.6. The van der Waals surface area contributed by atoms with Gasteiger partial charge in [0.05, 0.1) is 39.5 Å². The molecule has 0 aromatic heterocycles. The van der Waals surface area contributed by atoms with Gasteiger partial charge in [0.25, 0.3) is 0 Å². The molecule has 0 unspecified atom stereocenters. The van der Waals surface area contributed by atoms with Crippen molar-refractivity contribution in [2.75, 3.05) is 52.8 Å². The maximum Gasteiger partial charge on any atom is 0.303 e. The molecule has 0 heterocycles. The second kappa shape index (κ2) is 16.2. The van der Waals surface area contributed by atoms with Gasteiger partial charge in [0.2, 0.25) is 5.91 Å². The van der Waals surface area contributed by atoms with Crippen molar-refractivity contribution in [2.24, 2.45) is 0 Å². The van der Waals surface area contributed by atoms with Crippen LogP contribution in [0.4, 0.5) is 0 Å². The van der Waals surface area contributed by atoms with Crippen LogP contribution in [-0.2, 0) is 33.3 Å². The molecule has 0 spiro atoms. The van der Waals surface area contributed by atoms with Gasteiger partial charge in [0, 0.05) is 26.5 Å². The van der Waals surface area contributed by atoms with Gasteiger partial charge in [-0.05, 0) is 6.42 Å². The zero-order valence-electron chi connectivity index (χ0n) is 14.1.